The third kappa shape index (κ3) is 1.82. The number of benzene rings is 2. The van der Waals surface area contributed by atoms with Crippen LogP contribution in [-0.2, 0) is 6.42 Å². The van der Waals surface area contributed by atoms with Crippen molar-refractivity contribution < 1.29 is 5.21 Å². The molecule has 3 rings (SSSR count). The predicted molar refractivity (Wildman–Crippen MR) is 75.0 cm³/mol. The number of anilines is 1. The fourth-order valence-electron chi connectivity index (χ4n) is 2.28. The van der Waals surface area contributed by atoms with Crippen molar-refractivity contribution in [1.82, 2.24) is 0 Å². The molecule has 0 saturated carbocycles. The summed E-state index contributed by atoms with van der Waals surface area (Å²) in [7, 11) is 0. The van der Waals surface area contributed by atoms with Crippen LogP contribution in [0.4, 0.5) is 5.69 Å². The summed E-state index contributed by atoms with van der Waals surface area (Å²) in [6, 6.07) is 11.6. The Hall–Kier alpha value is -1.11. The van der Waals surface area contributed by atoms with Gasteiger partial charge in [-0.3, -0.25) is 5.21 Å². The smallest absolute Gasteiger partial charge is 0.0512 e. The van der Waals surface area contributed by atoms with E-state index < -0.39 is 0 Å². The molecular formula is C13H9INO2-. The molecule has 86 valence electrons. The van der Waals surface area contributed by atoms with Crippen LogP contribution in [0.15, 0.2) is 36.4 Å². The maximum atomic E-state index is 10.8. The van der Waals surface area contributed by atoms with Crippen LogP contribution in [0.2, 0.25) is 0 Å². The van der Waals surface area contributed by atoms with Gasteiger partial charge in [0.05, 0.1) is 5.69 Å². The van der Waals surface area contributed by atoms with Crippen molar-refractivity contribution in [2.45, 2.75) is 6.42 Å². The Labute approximate surface area is 112 Å². The van der Waals surface area contributed by atoms with E-state index in [2.05, 4.69) is 40.8 Å². The van der Waals surface area contributed by atoms with Gasteiger partial charge in [0, 0.05) is 3.57 Å². The molecular weight excluding hydrogens is 329 g/mol. The molecule has 1 N–H and O–H groups in total. The minimum Gasteiger partial charge on any atom is -0.733 e. The lowest BCUT2D eigenvalue weighted by Crippen LogP contribution is -2.06. The summed E-state index contributed by atoms with van der Waals surface area (Å²) in [5.41, 5.74) is 5.03. The number of hydrogen-bond acceptors (Lipinski definition) is 3. The Bertz CT molecular complexity index is 596. The molecule has 17 heavy (non-hydrogen) atoms. The van der Waals surface area contributed by atoms with E-state index in [9.17, 15) is 5.21 Å². The van der Waals surface area contributed by atoms with Gasteiger partial charge in [0.2, 0.25) is 0 Å². The zero-order valence-electron chi connectivity index (χ0n) is 8.85. The van der Waals surface area contributed by atoms with Gasteiger partial charge >= 0.3 is 0 Å². The molecule has 1 aliphatic carbocycles. The van der Waals surface area contributed by atoms with Gasteiger partial charge in [0.1, 0.15) is 0 Å². The van der Waals surface area contributed by atoms with E-state index in [1.54, 1.807) is 12.1 Å². The number of nitrogens with zero attached hydrogens (tertiary/aromatic N) is 1. The highest BCUT2D eigenvalue weighted by molar-refractivity contribution is 14.1. The van der Waals surface area contributed by atoms with Gasteiger partial charge in [-0.05, 0) is 75.5 Å². The average molecular weight is 338 g/mol. The normalized spacial score (nSPS) is 12.2. The van der Waals surface area contributed by atoms with Crippen LogP contribution in [0, 0.1) is 8.78 Å². The zero-order valence-corrected chi connectivity index (χ0v) is 11.0. The first-order chi connectivity index (χ1) is 8.15. The molecule has 0 bridgehead atoms. The highest BCUT2D eigenvalue weighted by Crippen LogP contribution is 2.38. The minimum absolute atomic E-state index is 0.0903. The van der Waals surface area contributed by atoms with Gasteiger partial charge in [0.25, 0.3) is 0 Å². The molecule has 0 heterocycles. The summed E-state index contributed by atoms with van der Waals surface area (Å²) in [6.07, 6.45) is 0.823. The molecule has 0 fully saturated rings. The van der Waals surface area contributed by atoms with Crippen LogP contribution >= 0.6 is 22.6 Å². The summed E-state index contributed by atoms with van der Waals surface area (Å²) in [5, 5.41) is 19.6. The van der Waals surface area contributed by atoms with E-state index in [0.29, 0.717) is 0 Å². The third-order valence-electron chi connectivity index (χ3n) is 3.05. The minimum atomic E-state index is -0.0903. The molecule has 0 saturated heterocycles. The molecule has 0 atom stereocenters. The molecule has 0 aliphatic heterocycles. The van der Waals surface area contributed by atoms with Crippen molar-refractivity contribution in [2.24, 2.45) is 0 Å². The summed E-state index contributed by atoms with van der Waals surface area (Å²) in [5.74, 6) is 0. The number of rotatable bonds is 1. The third-order valence-corrected chi connectivity index (χ3v) is 3.72. The monoisotopic (exact) mass is 338 g/mol. The van der Waals surface area contributed by atoms with Crippen LogP contribution in [0.25, 0.3) is 11.1 Å². The summed E-state index contributed by atoms with van der Waals surface area (Å²) in [6.45, 7) is 0. The lowest BCUT2D eigenvalue weighted by Gasteiger charge is -2.22. The van der Waals surface area contributed by atoms with Crippen LogP contribution in [0.3, 0.4) is 0 Å². The Morgan fingerprint density at radius 3 is 2.41 bits per heavy atom. The topological polar surface area (TPSA) is 46.5 Å². The fourth-order valence-corrected chi connectivity index (χ4v) is 2.84. The van der Waals surface area contributed by atoms with Crippen LogP contribution in [0.1, 0.15) is 11.1 Å². The number of halogens is 1. The Balaban J connectivity index is 2.12. The number of hydrogen-bond donors (Lipinski definition) is 1. The van der Waals surface area contributed by atoms with Gasteiger partial charge in [-0.2, -0.15) is 0 Å². The van der Waals surface area contributed by atoms with Crippen molar-refractivity contribution in [1.29, 1.82) is 0 Å². The molecule has 0 radical (unpaired) electrons. The zero-order chi connectivity index (χ0) is 12.0. The summed E-state index contributed by atoms with van der Waals surface area (Å²) >= 11 is 2.29. The molecule has 2 aromatic carbocycles. The van der Waals surface area contributed by atoms with E-state index in [1.165, 1.54) is 14.7 Å². The standard InChI is InChI=1S/C13H9INO2/c14-10-1-3-12-8(6-10)5-9-7-11(15(16)17)2-4-13(9)12/h1-4,6-7,16H,5H2/q-1. The van der Waals surface area contributed by atoms with Gasteiger partial charge in [-0.15, -0.1) is 0 Å². The molecule has 0 unspecified atom stereocenters. The fraction of sp³-hybridized carbons (Fsp3) is 0.0769. The maximum Gasteiger partial charge on any atom is 0.0512 e. The first-order valence-electron chi connectivity index (χ1n) is 5.23. The van der Waals surface area contributed by atoms with Crippen LogP contribution in [-0.4, -0.2) is 5.21 Å². The quantitative estimate of drug-likeness (QED) is 0.545. The van der Waals surface area contributed by atoms with E-state index in [1.807, 2.05) is 6.07 Å². The summed E-state index contributed by atoms with van der Waals surface area (Å²) in [4.78, 5) is 0. The first-order valence-corrected chi connectivity index (χ1v) is 6.31. The predicted octanol–water partition coefficient (Wildman–Crippen LogP) is 3.56. The van der Waals surface area contributed by atoms with Crippen molar-refractivity contribution in [3.63, 3.8) is 0 Å². The Morgan fingerprint density at radius 1 is 1.06 bits per heavy atom. The second kappa shape index (κ2) is 3.97. The van der Waals surface area contributed by atoms with E-state index in [0.717, 1.165) is 17.5 Å². The van der Waals surface area contributed by atoms with Gasteiger partial charge in [0.15, 0.2) is 0 Å². The lowest BCUT2D eigenvalue weighted by atomic mass is 10.1. The highest BCUT2D eigenvalue weighted by atomic mass is 127. The van der Waals surface area contributed by atoms with E-state index >= 15 is 0 Å². The molecule has 0 aromatic heterocycles. The largest absolute Gasteiger partial charge is 0.733 e. The molecule has 1 aliphatic rings. The van der Waals surface area contributed by atoms with E-state index in [-0.39, 0.29) is 10.9 Å². The molecule has 2 aromatic rings. The van der Waals surface area contributed by atoms with Crippen LogP contribution in [0.5, 0.6) is 0 Å². The molecule has 0 spiro atoms. The summed E-state index contributed by atoms with van der Waals surface area (Å²) < 4.78 is 1.21. The van der Waals surface area contributed by atoms with Gasteiger partial charge in [-0.25, -0.2) is 0 Å². The van der Waals surface area contributed by atoms with E-state index in [4.69, 9.17) is 5.21 Å². The van der Waals surface area contributed by atoms with Gasteiger partial charge < -0.3 is 10.4 Å². The first kappa shape index (κ1) is 11.0. The van der Waals surface area contributed by atoms with Crippen molar-refractivity contribution in [3.8, 4) is 11.1 Å². The van der Waals surface area contributed by atoms with Crippen molar-refractivity contribution in [3.05, 3.63) is 56.3 Å². The van der Waals surface area contributed by atoms with Crippen molar-refractivity contribution in [2.75, 3.05) is 5.23 Å². The SMILES string of the molecule is [O-]N(O)c1ccc2c(c1)Cc1cc(I)ccc1-2. The highest BCUT2D eigenvalue weighted by Gasteiger charge is 2.18. The van der Waals surface area contributed by atoms with Gasteiger partial charge in [-0.1, -0.05) is 12.1 Å². The lowest BCUT2D eigenvalue weighted by molar-refractivity contribution is 0.296. The second-order valence-electron chi connectivity index (χ2n) is 4.09. The maximum absolute atomic E-state index is 10.8. The Morgan fingerprint density at radius 2 is 1.71 bits per heavy atom. The van der Waals surface area contributed by atoms with Crippen LogP contribution < -0.4 is 5.23 Å². The second-order valence-corrected chi connectivity index (χ2v) is 5.34. The molecule has 3 nitrogen and oxygen atoms in total. The Kier molecular flexibility index (Phi) is 2.57. The molecule has 0 amide bonds. The molecule has 4 heteroatoms. The number of fused-ring (bicyclic) bond motifs is 3. The average Bonchev–Trinajstić information content (AvgIpc) is 2.64. The van der Waals surface area contributed by atoms with Crippen molar-refractivity contribution >= 4 is 28.3 Å².